The van der Waals surface area contributed by atoms with Gasteiger partial charge in [-0.05, 0) is 43.6 Å². The largest absolute Gasteiger partial charge is 0.497 e. The van der Waals surface area contributed by atoms with Crippen LogP contribution in [-0.4, -0.2) is 80.7 Å². The molecule has 0 unspecified atom stereocenters. The van der Waals surface area contributed by atoms with Crippen molar-refractivity contribution in [2.24, 2.45) is 0 Å². The van der Waals surface area contributed by atoms with Gasteiger partial charge >= 0.3 is 0 Å². The average molecular weight is 412 g/mol. The molecule has 0 bridgehead atoms. The van der Waals surface area contributed by atoms with Crippen molar-refractivity contribution in [3.63, 3.8) is 0 Å². The minimum Gasteiger partial charge on any atom is -0.497 e. The monoisotopic (exact) mass is 411 g/mol. The number of ether oxygens (including phenoxy) is 2. The van der Waals surface area contributed by atoms with Gasteiger partial charge in [-0.1, -0.05) is 12.1 Å². The van der Waals surface area contributed by atoms with Crippen LogP contribution in [-0.2, 0) is 20.7 Å². The summed E-state index contributed by atoms with van der Waals surface area (Å²) in [7, 11) is 3.24. The van der Waals surface area contributed by atoms with Gasteiger partial charge in [-0.3, -0.25) is 9.59 Å². The summed E-state index contributed by atoms with van der Waals surface area (Å²) in [5.74, 6) is 0.896. The molecule has 8 heteroatoms. The lowest BCUT2D eigenvalue weighted by atomic mass is 9.90. The number of benzene rings is 1. The maximum Gasteiger partial charge on any atom is 0.255 e. The van der Waals surface area contributed by atoms with Crippen LogP contribution in [0.2, 0.25) is 0 Å². The van der Waals surface area contributed by atoms with Gasteiger partial charge in [0.25, 0.3) is 5.91 Å². The fourth-order valence-corrected chi connectivity index (χ4v) is 3.85. The van der Waals surface area contributed by atoms with Crippen LogP contribution in [0, 0.1) is 0 Å². The Bertz CT molecular complexity index is 671. The lowest BCUT2D eigenvalue weighted by Crippen LogP contribution is -2.59. The van der Waals surface area contributed by atoms with Crippen molar-refractivity contribution in [3.8, 4) is 5.75 Å². The third-order valence-electron chi connectivity index (χ3n) is 5.60. The number of piperidine rings is 1. The third kappa shape index (κ3) is 4.96. The van der Waals surface area contributed by atoms with Crippen molar-refractivity contribution in [2.75, 3.05) is 53.5 Å². The number of carbonyl (C=O) groups excluding carboxylic acids is 2. The van der Waals surface area contributed by atoms with Crippen molar-refractivity contribution >= 4 is 24.2 Å². The number of nitrogens with one attached hydrogen (secondary N) is 1. The molecule has 0 saturated carbocycles. The van der Waals surface area contributed by atoms with Gasteiger partial charge in [0.2, 0.25) is 5.91 Å². The van der Waals surface area contributed by atoms with Crippen LogP contribution in [0.1, 0.15) is 18.4 Å². The number of methoxy groups -OCH3 is 2. The van der Waals surface area contributed by atoms with Crippen molar-refractivity contribution < 1.29 is 19.1 Å². The minimum absolute atomic E-state index is 0. The Kier molecular flexibility index (Phi) is 8.10. The number of rotatable bonds is 5. The third-order valence-corrected chi connectivity index (χ3v) is 5.60. The Labute approximate surface area is 172 Å². The zero-order chi connectivity index (χ0) is 19.3. The Morgan fingerprint density at radius 3 is 2.32 bits per heavy atom. The lowest BCUT2D eigenvalue weighted by molar-refractivity contribution is -0.161. The Hall–Kier alpha value is -1.83. The van der Waals surface area contributed by atoms with E-state index in [2.05, 4.69) is 5.32 Å². The normalized spacial score (nSPS) is 18.9. The summed E-state index contributed by atoms with van der Waals surface area (Å²) in [5, 5.41) is 3.27. The molecule has 0 spiro atoms. The molecule has 156 valence electrons. The lowest BCUT2D eigenvalue weighted by Gasteiger charge is -2.42. The second-order valence-corrected chi connectivity index (χ2v) is 7.15. The van der Waals surface area contributed by atoms with Gasteiger partial charge in [-0.25, -0.2) is 0 Å². The zero-order valence-electron chi connectivity index (χ0n) is 16.6. The number of carbonyl (C=O) groups is 2. The van der Waals surface area contributed by atoms with Crippen LogP contribution >= 0.6 is 12.4 Å². The quantitative estimate of drug-likeness (QED) is 0.785. The summed E-state index contributed by atoms with van der Waals surface area (Å²) in [5.41, 5.74) is 0.226. The minimum atomic E-state index is -0.710. The highest BCUT2D eigenvalue weighted by Crippen LogP contribution is 2.26. The van der Waals surface area contributed by atoms with E-state index in [-0.39, 0.29) is 24.2 Å². The number of halogens is 1. The van der Waals surface area contributed by atoms with Crippen molar-refractivity contribution in [1.29, 1.82) is 0 Å². The molecule has 2 amide bonds. The molecular formula is C20H30ClN3O4. The first kappa shape index (κ1) is 22.5. The van der Waals surface area contributed by atoms with Gasteiger partial charge in [-0.2, -0.15) is 0 Å². The molecule has 1 N–H and O–H groups in total. The molecule has 2 aliphatic heterocycles. The van der Waals surface area contributed by atoms with Crippen LogP contribution < -0.4 is 10.1 Å². The van der Waals surface area contributed by atoms with E-state index in [4.69, 9.17) is 9.47 Å². The number of hydrogen-bond acceptors (Lipinski definition) is 5. The predicted molar refractivity (Wildman–Crippen MR) is 109 cm³/mol. The smallest absolute Gasteiger partial charge is 0.255 e. The van der Waals surface area contributed by atoms with E-state index in [1.165, 1.54) is 0 Å². The molecule has 2 aliphatic rings. The first-order chi connectivity index (χ1) is 13.1. The van der Waals surface area contributed by atoms with E-state index >= 15 is 0 Å². The number of hydrogen-bond donors (Lipinski definition) is 1. The molecule has 7 nitrogen and oxygen atoms in total. The predicted octanol–water partition coefficient (Wildman–Crippen LogP) is 1.10. The highest BCUT2D eigenvalue weighted by Gasteiger charge is 2.43. The molecule has 2 heterocycles. The Morgan fingerprint density at radius 2 is 1.71 bits per heavy atom. The summed E-state index contributed by atoms with van der Waals surface area (Å²) < 4.78 is 10.9. The molecular weight excluding hydrogens is 382 g/mol. The van der Waals surface area contributed by atoms with Crippen molar-refractivity contribution in [3.05, 3.63) is 29.8 Å². The summed E-state index contributed by atoms with van der Waals surface area (Å²) in [6, 6.07) is 7.57. The van der Waals surface area contributed by atoms with E-state index in [0.29, 0.717) is 45.4 Å². The van der Waals surface area contributed by atoms with Crippen LogP contribution in [0.3, 0.4) is 0 Å². The highest BCUT2D eigenvalue weighted by atomic mass is 35.5. The van der Waals surface area contributed by atoms with E-state index in [9.17, 15) is 9.59 Å². The zero-order valence-corrected chi connectivity index (χ0v) is 17.4. The molecule has 1 aromatic carbocycles. The standard InChI is InChI=1S/C20H29N3O4.ClH/c1-26-17-5-3-4-16(14-17)15-18(24)22-10-12-23(13-11-22)19(25)20(27-2)6-8-21-9-7-20;/h3-5,14,21H,6-13,15H2,1-2H3;1H. The van der Waals surface area contributed by atoms with Crippen LogP contribution in [0.5, 0.6) is 5.75 Å². The molecule has 0 aromatic heterocycles. The molecule has 2 saturated heterocycles. The van der Waals surface area contributed by atoms with Gasteiger partial charge in [0.15, 0.2) is 0 Å². The topological polar surface area (TPSA) is 71.1 Å². The van der Waals surface area contributed by atoms with Gasteiger partial charge < -0.3 is 24.6 Å². The highest BCUT2D eigenvalue weighted by molar-refractivity contribution is 5.86. The maximum absolute atomic E-state index is 13.0. The maximum atomic E-state index is 13.0. The molecule has 0 radical (unpaired) electrons. The van der Waals surface area contributed by atoms with E-state index in [1.54, 1.807) is 14.2 Å². The summed E-state index contributed by atoms with van der Waals surface area (Å²) in [6.07, 6.45) is 1.73. The van der Waals surface area contributed by atoms with E-state index in [0.717, 1.165) is 24.4 Å². The molecule has 3 rings (SSSR count). The van der Waals surface area contributed by atoms with Crippen molar-refractivity contribution in [1.82, 2.24) is 15.1 Å². The first-order valence-corrected chi connectivity index (χ1v) is 9.54. The van der Waals surface area contributed by atoms with Crippen LogP contribution in [0.15, 0.2) is 24.3 Å². The van der Waals surface area contributed by atoms with Gasteiger partial charge in [-0.15, -0.1) is 12.4 Å². The molecule has 28 heavy (non-hydrogen) atoms. The summed E-state index contributed by atoms with van der Waals surface area (Å²) in [4.78, 5) is 29.3. The first-order valence-electron chi connectivity index (χ1n) is 9.54. The second kappa shape index (κ2) is 10.1. The number of nitrogens with zero attached hydrogens (tertiary/aromatic N) is 2. The molecule has 0 aliphatic carbocycles. The molecule has 1 aromatic rings. The van der Waals surface area contributed by atoms with Gasteiger partial charge in [0, 0.05) is 33.3 Å². The summed E-state index contributed by atoms with van der Waals surface area (Å²) >= 11 is 0. The van der Waals surface area contributed by atoms with E-state index < -0.39 is 5.60 Å². The molecule has 2 fully saturated rings. The van der Waals surface area contributed by atoms with E-state index in [1.807, 2.05) is 34.1 Å². The van der Waals surface area contributed by atoms with Crippen LogP contribution in [0.25, 0.3) is 0 Å². The summed E-state index contributed by atoms with van der Waals surface area (Å²) in [6.45, 7) is 3.82. The van der Waals surface area contributed by atoms with Crippen molar-refractivity contribution in [2.45, 2.75) is 24.9 Å². The average Bonchev–Trinajstić information content (AvgIpc) is 2.74. The Morgan fingerprint density at radius 1 is 1.07 bits per heavy atom. The fraction of sp³-hybridized carbons (Fsp3) is 0.600. The van der Waals surface area contributed by atoms with Crippen LogP contribution in [0.4, 0.5) is 0 Å². The number of piperazine rings is 1. The Balaban J connectivity index is 0.00000280. The fourth-order valence-electron chi connectivity index (χ4n) is 3.85. The SMILES string of the molecule is COc1cccc(CC(=O)N2CCN(C(=O)C3(OC)CCNCC3)CC2)c1.Cl. The number of amides is 2. The van der Waals surface area contributed by atoms with Gasteiger partial charge in [0.1, 0.15) is 11.4 Å². The molecule has 0 atom stereocenters. The van der Waals surface area contributed by atoms with Gasteiger partial charge in [0.05, 0.1) is 13.5 Å². The second-order valence-electron chi connectivity index (χ2n) is 7.15.